The summed E-state index contributed by atoms with van der Waals surface area (Å²) in [6.07, 6.45) is 4.46. The Labute approximate surface area is 141 Å². The fourth-order valence-electron chi connectivity index (χ4n) is 3.12. The van der Waals surface area contributed by atoms with E-state index in [-0.39, 0.29) is 5.97 Å². The summed E-state index contributed by atoms with van der Waals surface area (Å²) < 4.78 is 4.97. The molecule has 120 valence electrons. The Morgan fingerprint density at radius 2 is 1.96 bits per heavy atom. The largest absolute Gasteiger partial charge is 0.466 e. The van der Waals surface area contributed by atoms with Crippen molar-refractivity contribution in [1.82, 2.24) is 4.98 Å². The summed E-state index contributed by atoms with van der Waals surface area (Å²) in [6, 6.07) is 10.1. The van der Waals surface area contributed by atoms with Gasteiger partial charge in [0.2, 0.25) is 0 Å². The molecule has 3 rings (SSSR count). The van der Waals surface area contributed by atoms with Crippen molar-refractivity contribution >= 4 is 17.6 Å². The van der Waals surface area contributed by atoms with Gasteiger partial charge in [0, 0.05) is 5.69 Å². The Hall–Kier alpha value is -1.87. The zero-order valence-corrected chi connectivity index (χ0v) is 14.0. The standard InChI is InChI=1S/C19H20ClNO2/c1-2-23-19(22)11-14-8-6-13(7-9-14)10-15-12-18(20)21-17-5-3-4-16(15)17/h6-9,12H,2-5,10-11H2,1H3. The number of halogens is 1. The molecule has 1 aromatic carbocycles. The highest BCUT2D eigenvalue weighted by atomic mass is 35.5. The summed E-state index contributed by atoms with van der Waals surface area (Å²) in [5, 5.41) is 0.583. The first-order valence-electron chi connectivity index (χ1n) is 8.06. The van der Waals surface area contributed by atoms with Gasteiger partial charge in [0.25, 0.3) is 0 Å². The SMILES string of the molecule is CCOC(=O)Cc1ccc(Cc2cc(Cl)nc3c2CCC3)cc1. The van der Waals surface area contributed by atoms with E-state index in [2.05, 4.69) is 17.1 Å². The second-order valence-corrected chi connectivity index (χ2v) is 6.25. The van der Waals surface area contributed by atoms with E-state index >= 15 is 0 Å². The number of carbonyl (C=O) groups is 1. The Kier molecular flexibility index (Phi) is 4.97. The lowest BCUT2D eigenvalue weighted by Gasteiger charge is -2.10. The third kappa shape index (κ3) is 3.91. The van der Waals surface area contributed by atoms with Crippen LogP contribution in [-0.4, -0.2) is 17.6 Å². The lowest BCUT2D eigenvalue weighted by Crippen LogP contribution is -2.07. The molecule has 1 heterocycles. The number of nitrogens with zero attached hydrogens (tertiary/aromatic N) is 1. The fourth-order valence-corrected chi connectivity index (χ4v) is 3.35. The molecule has 2 aromatic rings. The highest BCUT2D eigenvalue weighted by molar-refractivity contribution is 6.29. The monoisotopic (exact) mass is 329 g/mol. The molecule has 0 radical (unpaired) electrons. The predicted molar refractivity (Wildman–Crippen MR) is 90.9 cm³/mol. The minimum Gasteiger partial charge on any atom is -0.466 e. The van der Waals surface area contributed by atoms with E-state index in [1.807, 2.05) is 25.1 Å². The number of hydrogen-bond donors (Lipinski definition) is 0. The van der Waals surface area contributed by atoms with Crippen molar-refractivity contribution in [2.45, 2.75) is 39.0 Å². The lowest BCUT2D eigenvalue weighted by molar-refractivity contribution is -0.142. The summed E-state index contributed by atoms with van der Waals surface area (Å²) in [6.45, 7) is 2.24. The maximum Gasteiger partial charge on any atom is 0.310 e. The van der Waals surface area contributed by atoms with Gasteiger partial charge in [0.05, 0.1) is 13.0 Å². The molecule has 0 unspecified atom stereocenters. The minimum atomic E-state index is -0.181. The van der Waals surface area contributed by atoms with Gasteiger partial charge in [-0.15, -0.1) is 0 Å². The smallest absolute Gasteiger partial charge is 0.310 e. The molecule has 0 spiro atoms. The maximum absolute atomic E-state index is 11.5. The van der Waals surface area contributed by atoms with Crippen LogP contribution in [0.5, 0.6) is 0 Å². The minimum absolute atomic E-state index is 0.181. The predicted octanol–water partition coefficient (Wildman–Crippen LogP) is 3.92. The summed E-state index contributed by atoms with van der Waals surface area (Å²) in [4.78, 5) is 15.9. The van der Waals surface area contributed by atoms with Crippen LogP contribution in [0.15, 0.2) is 30.3 Å². The van der Waals surface area contributed by atoms with Gasteiger partial charge in [-0.05, 0) is 60.9 Å². The van der Waals surface area contributed by atoms with Crippen molar-refractivity contribution in [2.75, 3.05) is 6.61 Å². The lowest BCUT2D eigenvalue weighted by atomic mass is 9.99. The van der Waals surface area contributed by atoms with E-state index in [4.69, 9.17) is 16.3 Å². The second kappa shape index (κ2) is 7.14. The Morgan fingerprint density at radius 3 is 2.70 bits per heavy atom. The molecule has 3 nitrogen and oxygen atoms in total. The summed E-state index contributed by atoms with van der Waals surface area (Å²) >= 11 is 6.14. The van der Waals surface area contributed by atoms with E-state index in [9.17, 15) is 4.79 Å². The van der Waals surface area contributed by atoms with Crippen molar-refractivity contribution < 1.29 is 9.53 Å². The molecule has 1 aromatic heterocycles. The Morgan fingerprint density at radius 1 is 1.22 bits per heavy atom. The highest BCUT2D eigenvalue weighted by Crippen LogP contribution is 2.28. The molecule has 0 amide bonds. The van der Waals surface area contributed by atoms with Crippen LogP contribution in [-0.2, 0) is 35.2 Å². The number of aromatic nitrogens is 1. The van der Waals surface area contributed by atoms with E-state index in [1.165, 1.54) is 16.7 Å². The van der Waals surface area contributed by atoms with Crippen LogP contribution in [0, 0.1) is 0 Å². The van der Waals surface area contributed by atoms with Gasteiger partial charge in [0.15, 0.2) is 0 Å². The number of carbonyl (C=O) groups excluding carboxylic acids is 1. The molecular weight excluding hydrogens is 310 g/mol. The molecule has 0 saturated heterocycles. The van der Waals surface area contributed by atoms with Gasteiger partial charge in [-0.1, -0.05) is 35.9 Å². The second-order valence-electron chi connectivity index (χ2n) is 5.86. The van der Waals surface area contributed by atoms with Crippen molar-refractivity contribution in [3.05, 3.63) is 63.4 Å². The molecule has 0 bridgehead atoms. The number of fused-ring (bicyclic) bond motifs is 1. The van der Waals surface area contributed by atoms with Gasteiger partial charge in [-0.3, -0.25) is 4.79 Å². The Balaban J connectivity index is 1.73. The number of pyridine rings is 1. The summed E-state index contributed by atoms with van der Waals surface area (Å²) in [5.41, 5.74) is 5.99. The molecule has 1 aliphatic rings. The van der Waals surface area contributed by atoms with Crippen molar-refractivity contribution in [2.24, 2.45) is 0 Å². The van der Waals surface area contributed by atoms with Crippen LogP contribution in [0.2, 0.25) is 5.15 Å². The van der Waals surface area contributed by atoms with Crippen LogP contribution >= 0.6 is 11.6 Å². The van der Waals surface area contributed by atoms with E-state index in [0.717, 1.165) is 36.9 Å². The third-order valence-corrected chi connectivity index (χ3v) is 4.38. The zero-order valence-electron chi connectivity index (χ0n) is 13.3. The first-order chi connectivity index (χ1) is 11.2. The van der Waals surface area contributed by atoms with Gasteiger partial charge in [-0.2, -0.15) is 0 Å². The van der Waals surface area contributed by atoms with Gasteiger partial charge in [0.1, 0.15) is 5.15 Å². The van der Waals surface area contributed by atoms with E-state index in [1.54, 1.807) is 0 Å². The topological polar surface area (TPSA) is 39.2 Å². The Bertz CT molecular complexity index is 710. The number of benzene rings is 1. The number of rotatable bonds is 5. The third-order valence-electron chi connectivity index (χ3n) is 4.18. The van der Waals surface area contributed by atoms with Crippen molar-refractivity contribution in [3.8, 4) is 0 Å². The molecule has 1 aliphatic carbocycles. The number of esters is 1. The van der Waals surface area contributed by atoms with E-state index < -0.39 is 0 Å². The summed E-state index contributed by atoms with van der Waals surface area (Å²) in [5.74, 6) is -0.181. The normalized spacial score (nSPS) is 13.0. The van der Waals surface area contributed by atoms with Crippen LogP contribution in [0.4, 0.5) is 0 Å². The van der Waals surface area contributed by atoms with Crippen LogP contribution in [0.25, 0.3) is 0 Å². The number of aryl methyl sites for hydroxylation is 1. The quantitative estimate of drug-likeness (QED) is 0.616. The number of hydrogen-bond acceptors (Lipinski definition) is 3. The van der Waals surface area contributed by atoms with Crippen LogP contribution in [0.1, 0.15) is 41.3 Å². The van der Waals surface area contributed by atoms with Crippen LogP contribution in [0.3, 0.4) is 0 Å². The number of ether oxygens (including phenoxy) is 1. The van der Waals surface area contributed by atoms with Crippen molar-refractivity contribution in [3.63, 3.8) is 0 Å². The van der Waals surface area contributed by atoms with Crippen LogP contribution < -0.4 is 0 Å². The van der Waals surface area contributed by atoms with Gasteiger partial charge >= 0.3 is 5.97 Å². The molecular formula is C19H20ClNO2. The molecule has 0 aliphatic heterocycles. The van der Waals surface area contributed by atoms with Gasteiger partial charge < -0.3 is 4.74 Å². The van der Waals surface area contributed by atoms with E-state index in [0.29, 0.717) is 18.2 Å². The first-order valence-corrected chi connectivity index (χ1v) is 8.44. The molecule has 4 heteroatoms. The molecule has 0 saturated carbocycles. The molecule has 0 N–H and O–H groups in total. The average Bonchev–Trinajstić information content (AvgIpc) is 2.98. The fraction of sp³-hybridized carbons (Fsp3) is 0.368. The van der Waals surface area contributed by atoms with Crippen molar-refractivity contribution in [1.29, 1.82) is 0 Å². The van der Waals surface area contributed by atoms with Gasteiger partial charge in [-0.25, -0.2) is 4.98 Å². The summed E-state index contributed by atoms with van der Waals surface area (Å²) in [7, 11) is 0. The first kappa shape index (κ1) is 16.0. The average molecular weight is 330 g/mol. The molecule has 23 heavy (non-hydrogen) atoms. The zero-order chi connectivity index (χ0) is 16.2. The molecule has 0 atom stereocenters. The molecule has 0 fully saturated rings. The maximum atomic E-state index is 11.5. The highest BCUT2D eigenvalue weighted by Gasteiger charge is 2.17.